The zero-order valence-corrected chi connectivity index (χ0v) is 22.0. The molecule has 33 heavy (non-hydrogen) atoms. The number of nitrogens with zero attached hydrogens (tertiary/aromatic N) is 2. The minimum Gasteiger partial charge on any atom is -0.377 e. The van der Waals surface area contributed by atoms with E-state index in [1.54, 1.807) is 24.3 Å². The second kappa shape index (κ2) is 11.1. The fourth-order valence-corrected chi connectivity index (χ4v) is 3.85. The van der Waals surface area contributed by atoms with Crippen molar-refractivity contribution in [3.63, 3.8) is 0 Å². The molecule has 0 aromatic heterocycles. The summed E-state index contributed by atoms with van der Waals surface area (Å²) >= 11 is 6.19. The Morgan fingerprint density at radius 3 is 2.21 bits per heavy atom. The van der Waals surface area contributed by atoms with E-state index in [1.165, 1.54) is 0 Å². The van der Waals surface area contributed by atoms with Gasteiger partial charge in [-0.15, -0.1) is 0 Å². The summed E-state index contributed by atoms with van der Waals surface area (Å²) in [6, 6.07) is 12.9. The van der Waals surface area contributed by atoms with E-state index in [4.69, 9.17) is 11.6 Å². The van der Waals surface area contributed by atoms with Crippen molar-refractivity contribution in [2.24, 2.45) is 11.3 Å². The maximum atomic E-state index is 13.3. The van der Waals surface area contributed by atoms with E-state index < -0.39 is 0 Å². The molecule has 1 atom stereocenters. The Kier molecular flexibility index (Phi) is 8.96. The van der Waals surface area contributed by atoms with Crippen molar-refractivity contribution >= 4 is 34.8 Å². The van der Waals surface area contributed by atoms with Gasteiger partial charge in [0.15, 0.2) is 0 Å². The first-order valence-electron chi connectivity index (χ1n) is 11.5. The van der Waals surface area contributed by atoms with Crippen LogP contribution < -0.4 is 10.2 Å². The number of carbonyl (C=O) groups excluding carboxylic acids is 2. The molecule has 2 aromatic rings. The van der Waals surface area contributed by atoms with E-state index in [9.17, 15) is 9.59 Å². The van der Waals surface area contributed by atoms with Gasteiger partial charge in [0.2, 0.25) is 5.91 Å². The highest BCUT2D eigenvalue weighted by atomic mass is 35.5. The lowest BCUT2D eigenvalue weighted by molar-refractivity contribution is -0.136. The van der Waals surface area contributed by atoms with Gasteiger partial charge in [-0.1, -0.05) is 58.4 Å². The van der Waals surface area contributed by atoms with Crippen LogP contribution in [0.25, 0.3) is 0 Å². The van der Waals surface area contributed by atoms with Gasteiger partial charge in [-0.05, 0) is 54.2 Å². The van der Waals surface area contributed by atoms with E-state index in [1.807, 2.05) is 42.1 Å². The predicted octanol–water partition coefficient (Wildman–Crippen LogP) is 6.47. The highest BCUT2D eigenvalue weighted by molar-refractivity contribution is 6.34. The fourth-order valence-electron chi connectivity index (χ4n) is 3.63. The molecule has 0 heterocycles. The molecule has 1 unspecified atom stereocenters. The van der Waals surface area contributed by atoms with E-state index in [0.29, 0.717) is 35.2 Å². The average Bonchev–Trinajstić information content (AvgIpc) is 2.70. The molecule has 0 aliphatic rings. The van der Waals surface area contributed by atoms with Gasteiger partial charge in [-0.3, -0.25) is 9.59 Å². The third-order valence-corrected chi connectivity index (χ3v) is 6.07. The summed E-state index contributed by atoms with van der Waals surface area (Å²) in [4.78, 5) is 30.1. The molecular weight excluding hydrogens is 434 g/mol. The van der Waals surface area contributed by atoms with Gasteiger partial charge in [0.05, 0.1) is 10.6 Å². The summed E-state index contributed by atoms with van der Waals surface area (Å²) in [6.45, 7) is 13.1. The van der Waals surface area contributed by atoms with Gasteiger partial charge in [0, 0.05) is 44.5 Å². The second-order valence-corrected chi connectivity index (χ2v) is 10.8. The van der Waals surface area contributed by atoms with E-state index in [0.717, 1.165) is 11.3 Å². The van der Waals surface area contributed by atoms with Crippen LogP contribution in [0.3, 0.4) is 0 Å². The maximum Gasteiger partial charge on any atom is 0.257 e. The Labute approximate surface area is 204 Å². The number of anilines is 2. The smallest absolute Gasteiger partial charge is 0.257 e. The normalized spacial score (nSPS) is 12.4. The van der Waals surface area contributed by atoms with E-state index >= 15 is 0 Å². The Morgan fingerprint density at radius 2 is 1.67 bits per heavy atom. The number of nitrogens with one attached hydrogen (secondary N) is 1. The van der Waals surface area contributed by atoms with E-state index in [2.05, 4.69) is 46.9 Å². The highest BCUT2D eigenvalue weighted by Gasteiger charge is 2.27. The minimum absolute atomic E-state index is 0.0798. The molecular formula is C27H38ClN3O2. The largest absolute Gasteiger partial charge is 0.377 e. The van der Waals surface area contributed by atoms with Gasteiger partial charge in [0.25, 0.3) is 5.91 Å². The molecule has 5 nitrogen and oxygen atoms in total. The Bertz CT molecular complexity index is 980. The third-order valence-electron chi connectivity index (χ3n) is 5.74. The van der Waals surface area contributed by atoms with Crippen molar-refractivity contribution in [2.45, 2.75) is 60.5 Å². The summed E-state index contributed by atoms with van der Waals surface area (Å²) in [5.74, 6) is 0.194. The number of hydrogen-bond donors (Lipinski definition) is 1. The van der Waals surface area contributed by atoms with Crippen molar-refractivity contribution in [2.75, 3.05) is 24.3 Å². The van der Waals surface area contributed by atoms with E-state index in [-0.39, 0.29) is 23.3 Å². The number of halogens is 1. The van der Waals surface area contributed by atoms with Crippen LogP contribution in [0.4, 0.5) is 11.4 Å². The van der Waals surface area contributed by atoms with Gasteiger partial charge in [-0.25, -0.2) is 0 Å². The second-order valence-electron chi connectivity index (χ2n) is 10.4. The molecule has 2 aromatic carbocycles. The van der Waals surface area contributed by atoms with Crippen molar-refractivity contribution < 1.29 is 9.59 Å². The van der Waals surface area contributed by atoms with Crippen LogP contribution in [0.15, 0.2) is 42.5 Å². The van der Waals surface area contributed by atoms with Gasteiger partial charge in [0.1, 0.15) is 0 Å². The van der Waals surface area contributed by atoms with Crippen molar-refractivity contribution in [1.82, 2.24) is 4.90 Å². The number of amides is 2. The quantitative estimate of drug-likeness (QED) is 0.480. The molecule has 1 N–H and O–H groups in total. The highest BCUT2D eigenvalue weighted by Crippen LogP contribution is 2.29. The lowest BCUT2D eigenvalue weighted by Crippen LogP contribution is -2.42. The number of benzene rings is 2. The number of hydrogen-bond acceptors (Lipinski definition) is 3. The Hall–Kier alpha value is -2.53. The van der Waals surface area contributed by atoms with Crippen LogP contribution in [0.2, 0.25) is 5.02 Å². The number of rotatable bonds is 8. The van der Waals surface area contributed by atoms with Crippen LogP contribution >= 0.6 is 11.6 Å². The molecule has 0 aliphatic carbocycles. The van der Waals surface area contributed by atoms with Gasteiger partial charge in [-0.2, -0.15) is 0 Å². The summed E-state index contributed by atoms with van der Waals surface area (Å²) in [5.41, 5.74) is 2.98. The zero-order valence-electron chi connectivity index (χ0n) is 21.2. The molecule has 0 bridgehead atoms. The predicted molar refractivity (Wildman–Crippen MR) is 139 cm³/mol. The number of carbonyl (C=O) groups is 2. The van der Waals surface area contributed by atoms with Crippen molar-refractivity contribution in [3.8, 4) is 0 Å². The molecule has 0 saturated heterocycles. The van der Waals surface area contributed by atoms with Gasteiger partial charge >= 0.3 is 0 Å². The molecule has 0 fully saturated rings. The molecule has 2 rings (SSSR count). The summed E-state index contributed by atoms with van der Waals surface area (Å²) < 4.78 is 0. The third kappa shape index (κ3) is 7.50. The lowest BCUT2D eigenvalue weighted by atomic mass is 9.90. The molecule has 6 heteroatoms. The maximum absolute atomic E-state index is 13.3. The molecule has 180 valence electrons. The monoisotopic (exact) mass is 471 g/mol. The summed E-state index contributed by atoms with van der Waals surface area (Å²) in [6.07, 6.45) is 0.476. The fraction of sp³-hybridized carbons (Fsp3) is 0.481. The summed E-state index contributed by atoms with van der Waals surface area (Å²) in [7, 11) is 3.96. The molecule has 2 amide bonds. The first-order chi connectivity index (χ1) is 15.3. The Morgan fingerprint density at radius 1 is 1.03 bits per heavy atom. The summed E-state index contributed by atoms with van der Waals surface area (Å²) in [5, 5.41) is 3.36. The topological polar surface area (TPSA) is 52.7 Å². The SMILES string of the molecule is CC(C)C(C)N(Cc1cc(NC(=O)c2ccccc2Cl)ccc1N(C)C)C(=O)CC(C)(C)C. The first kappa shape index (κ1) is 26.7. The van der Waals surface area contributed by atoms with Crippen LogP contribution in [0.1, 0.15) is 63.9 Å². The van der Waals surface area contributed by atoms with Crippen LogP contribution in [0.5, 0.6) is 0 Å². The Balaban J connectivity index is 2.39. The van der Waals surface area contributed by atoms with Gasteiger partial charge < -0.3 is 15.1 Å². The zero-order chi connectivity index (χ0) is 24.9. The lowest BCUT2D eigenvalue weighted by Gasteiger charge is -2.35. The van der Waals surface area contributed by atoms with Crippen LogP contribution in [-0.4, -0.2) is 36.9 Å². The molecule has 0 saturated carbocycles. The van der Waals surface area contributed by atoms with Crippen LogP contribution in [0, 0.1) is 11.3 Å². The molecule has 0 aliphatic heterocycles. The standard InChI is InChI=1S/C27H38ClN3O2/c1-18(2)19(3)31(25(32)16-27(4,5)6)17-20-15-21(13-14-24(20)30(7)8)29-26(33)22-11-9-10-12-23(22)28/h9-15,18-19H,16-17H2,1-8H3,(H,29,33). The molecule has 0 spiro atoms. The molecule has 0 radical (unpaired) electrons. The average molecular weight is 472 g/mol. The van der Waals surface area contributed by atoms with Crippen molar-refractivity contribution in [1.29, 1.82) is 0 Å². The van der Waals surface area contributed by atoms with Crippen molar-refractivity contribution in [3.05, 3.63) is 58.6 Å². The minimum atomic E-state index is -0.264. The first-order valence-corrected chi connectivity index (χ1v) is 11.8. The van der Waals surface area contributed by atoms with Crippen LogP contribution in [-0.2, 0) is 11.3 Å².